The molecule has 1 aromatic carbocycles. The van der Waals surface area contributed by atoms with Crippen LogP contribution in [0.1, 0.15) is 129 Å². The van der Waals surface area contributed by atoms with E-state index in [2.05, 4.69) is 23.8 Å². The highest BCUT2D eigenvalue weighted by Crippen LogP contribution is 2.42. The number of carbonyl (C=O) groups is 1. The van der Waals surface area contributed by atoms with Gasteiger partial charge >= 0.3 is 5.97 Å². The van der Waals surface area contributed by atoms with Crippen LogP contribution in [-0.4, -0.2) is 15.9 Å². The van der Waals surface area contributed by atoms with E-state index in [1.165, 1.54) is 89.9 Å². The average molecular weight is 533 g/mol. The number of unbranched alkanes of at least 4 members (excludes halogenated alkanes) is 6. The van der Waals surface area contributed by atoms with Crippen molar-refractivity contribution < 1.29 is 9.53 Å². The molecule has 2 aromatic rings. The topological polar surface area (TPSA) is 52.1 Å². The maximum absolute atomic E-state index is 12.9. The van der Waals surface area contributed by atoms with Gasteiger partial charge < -0.3 is 4.74 Å². The highest BCUT2D eigenvalue weighted by Gasteiger charge is 2.33. The highest BCUT2D eigenvalue weighted by molar-refractivity contribution is 5.75. The van der Waals surface area contributed by atoms with Crippen LogP contribution >= 0.6 is 0 Å². The normalized spacial score (nSPS) is 23.4. The first-order valence-electron chi connectivity index (χ1n) is 16.3. The molecule has 1 aromatic heterocycles. The maximum atomic E-state index is 12.9. The Morgan fingerprint density at radius 1 is 0.744 bits per heavy atom. The standard InChI is InChI=1S/C35H52N2O2/c1-3-5-6-7-8-9-10-12-27-13-15-29(16-14-27)30-17-19-32(20-18-30)35(38)39-33-23-21-31(22-24-33)34-36-25-28(11-4-2)26-37-34/h21-27,29-30,32H,3-20H2,1-2H3/t27-,29-,30-,32-. The van der Waals surface area contributed by atoms with Crippen molar-refractivity contribution in [3.8, 4) is 17.1 Å². The monoisotopic (exact) mass is 532 g/mol. The molecule has 39 heavy (non-hydrogen) atoms. The minimum absolute atomic E-state index is 0.0454. The van der Waals surface area contributed by atoms with Gasteiger partial charge in [-0.05, 0) is 92.5 Å². The van der Waals surface area contributed by atoms with Crippen molar-refractivity contribution in [1.82, 2.24) is 9.97 Å². The number of aromatic nitrogens is 2. The smallest absolute Gasteiger partial charge is 0.314 e. The maximum Gasteiger partial charge on any atom is 0.314 e. The van der Waals surface area contributed by atoms with Crippen molar-refractivity contribution in [3.05, 3.63) is 42.2 Å². The van der Waals surface area contributed by atoms with Crippen molar-refractivity contribution in [1.29, 1.82) is 0 Å². The van der Waals surface area contributed by atoms with E-state index in [4.69, 9.17) is 4.74 Å². The molecule has 1 heterocycles. The molecule has 0 unspecified atom stereocenters. The summed E-state index contributed by atoms with van der Waals surface area (Å²) in [4.78, 5) is 21.9. The third-order valence-corrected chi connectivity index (χ3v) is 9.45. The van der Waals surface area contributed by atoms with Gasteiger partial charge in [-0.3, -0.25) is 4.79 Å². The fourth-order valence-corrected chi connectivity index (χ4v) is 6.96. The van der Waals surface area contributed by atoms with E-state index in [1.807, 2.05) is 36.7 Å². The number of carbonyl (C=O) groups excluding carboxylic acids is 1. The lowest BCUT2D eigenvalue weighted by molar-refractivity contribution is -0.140. The number of aryl methyl sites for hydroxylation is 1. The third kappa shape index (κ3) is 9.43. The zero-order valence-corrected chi connectivity index (χ0v) is 24.7. The predicted molar refractivity (Wildman–Crippen MR) is 161 cm³/mol. The molecule has 4 heteroatoms. The molecule has 0 saturated heterocycles. The molecule has 2 aliphatic carbocycles. The lowest BCUT2D eigenvalue weighted by Crippen LogP contribution is -2.30. The Kier molecular flexibility index (Phi) is 12.3. The lowest BCUT2D eigenvalue weighted by atomic mass is 9.68. The van der Waals surface area contributed by atoms with Crippen LogP contribution in [0.5, 0.6) is 5.75 Å². The van der Waals surface area contributed by atoms with Gasteiger partial charge in [0.25, 0.3) is 0 Å². The first-order valence-corrected chi connectivity index (χ1v) is 16.3. The number of ether oxygens (including phenoxy) is 1. The van der Waals surface area contributed by atoms with Gasteiger partial charge in [0.1, 0.15) is 5.75 Å². The fraction of sp³-hybridized carbons (Fsp3) is 0.686. The van der Waals surface area contributed by atoms with Gasteiger partial charge in [-0.1, -0.05) is 84.5 Å². The van der Waals surface area contributed by atoms with Gasteiger partial charge in [-0.2, -0.15) is 0 Å². The summed E-state index contributed by atoms with van der Waals surface area (Å²) in [6.45, 7) is 4.45. The second-order valence-corrected chi connectivity index (χ2v) is 12.4. The number of hydrogen-bond donors (Lipinski definition) is 0. The average Bonchev–Trinajstić information content (AvgIpc) is 2.98. The van der Waals surface area contributed by atoms with Gasteiger partial charge in [-0.25, -0.2) is 9.97 Å². The van der Waals surface area contributed by atoms with Crippen LogP contribution in [0.2, 0.25) is 0 Å². The van der Waals surface area contributed by atoms with Crippen molar-refractivity contribution in [2.45, 2.75) is 129 Å². The minimum atomic E-state index is -0.0558. The summed E-state index contributed by atoms with van der Waals surface area (Å²) < 4.78 is 5.78. The minimum Gasteiger partial charge on any atom is -0.426 e. The van der Waals surface area contributed by atoms with Gasteiger partial charge in [0.05, 0.1) is 5.92 Å². The van der Waals surface area contributed by atoms with Crippen molar-refractivity contribution in [2.24, 2.45) is 23.7 Å². The molecule has 2 aliphatic rings. The Balaban J connectivity index is 1.12. The van der Waals surface area contributed by atoms with E-state index in [1.54, 1.807) is 0 Å². The van der Waals surface area contributed by atoms with Crippen LogP contribution in [0, 0.1) is 23.7 Å². The molecule has 0 bridgehead atoms. The number of rotatable bonds is 14. The number of esters is 1. The van der Waals surface area contributed by atoms with E-state index < -0.39 is 0 Å². The quantitative estimate of drug-likeness (QED) is 0.138. The zero-order valence-electron chi connectivity index (χ0n) is 24.7. The summed E-state index contributed by atoms with van der Waals surface area (Å²) in [7, 11) is 0. The van der Waals surface area contributed by atoms with Crippen LogP contribution in [0.25, 0.3) is 11.4 Å². The Bertz CT molecular complexity index is 955. The SMILES string of the molecule is CCCCCCCCC[C@H]1CC[C@H]([C@H]2CC[C@H](C(=O)Oc3ccc(-c4ncc(CCC)cn4)cc3)CC2)CC1. The largest absolute Gasteiger partial charge is 0.426 e. The van der Waals surface area contributed by atoms with Crippen LogP contribution in [-0.2, 0) is 11.2 Å². The molecule has 0 radical (unpaired) electrons. The van der Waals surface area contributed by atoms with Crippen molar-refractivity contribution in [3.63, 3.8) is 0 Å². The molecule has 0 amide bonds. The molecule has 0 aliphatic heterocycles. The molecule has 0 spiro atoms. The summed E-state index contributed by atoms with van der Waals surface area (Å²) in [5.41, 5.74) is 2.10. The van der Waals surface area contributed by atoms with E-state index in [0.29, 0.717) is 11.6 Å². The summed E-state index contributed by atoms with van der Waals surface area (Å²) in [5, 5.41) is 0. The number of benzene rings is 1. The predicted octanol–water partition coefficient (Wildman–Crippen LogP) is 9.75. The Morgan fingerprint density at radius 3 is 1.95 bits per heavy atom. The second kappa shape index (κ2) is 16.1. The Hall–Kier alpha value is -2.23. The van der Waals surface area contributed by atoms with Gasteiger partial charge in [-0.15, -0.1) is 0 Å². The highest BCUT2D eigenvalue weighted by atomic mass is 16.5. The van der Waals surface area contributed by atoms with E-state index in [-0.39, 0.29) is 11.9 Å². The van der Waals surface area contributed by atoms with Gasteiger partial charge in [0.15, 0.2) is 5.82 Å². The molecule has 4 nitrogen and oxygen atoms in total. The van der Waals surface area contributed by atoms with Gasteiger partial charge in [0.2, 0.25) is 0 Å². The molecule has 0 N–H and O–H groups in total. The van der Waals surface area contributed by atoms with E-state index in [0.717, 1.165) is 54.6 Å². The number of hydrogen-bond acceptors (Lipinski definition) is 4. The Morgan fingerprint density at radius 2 is 1.33 bits per heavy atom. The molecule has 2 saturated carbocycles. The van der Waals surface area contributed by atoms with Crippen LogP contribution in [0.3, 0.4) is 0 Å². The molecule has 2 fully saturated rings. The third-order valence-electron chi connectivity index (χ3n) is 9.45. The summed E-state index contributed by atoms with van der Waals surface area (Å²) >= 11 is 0. The van der Waals surface area contributed by atoms with Crippen LogP contribution in [0.15, 0.2) is 36.7 Å². The Labute approximate surface area is 237 Å². The van der Waals surface area contributed by atoms with Gasteiger partial charge in [0, 0.05) is 18.0 Å². The molecule has 4 rings (SSSR count). The van der Waals surface area contributed by atoms with E-state index >= 15 is 0 Å². The first kappa shape index (κ1) is 29.7. The second-order valence-electron chi connectivity index (χ2n) is 12.4. The number of nitrogens with zero attached hydrogens (tertiary/aromatic N) is 2. The lowest BCUT2D eigenvalue weighted by Gasteiger charge is -2.37. The van der Waals surface area contributed by atoms with Crippen molar-refractivity contribution in [2.75, 3.05) is 0 Å². The zero-order chi connectivity index (χ0) is 27.3. The van der Waals surface area contributed by atoms with E-state index in [9.17, 15) is 4.79 Å². The summed E-state index contributed by atoms with van der Waals surface area (Å²) in [5.74, 6) is 3.99. The van der Waals surface area contributed by atoms with Crippen LogP contribution < -0.4 is 4.74 Å². The summed E-state index contributed by atoms with van der Waals surface area (Å²) in [6, 6.07) is 7.62. The molecular formula is C35H52N2O2. The summed E-state index contributed by atoms with van der Waals surface area (Å²) in [6.07, 6.45) is 27.3. The van der Waals surface area contributed by atoms with Crippen LogP contribution in [0.4, 0.5) is 0 Å². The molecule has 214 valence electrons. The first-order chi connectivity index (χ1) is 19.2. The molecular weight excluding hydrogens is 480 g/mol. The molecule has 0 atom stereocenters. The fourth-order valence-electron chi connectivity index (χ4n) is 6.96. The van der Waals surface area contributed by atoms with Crippen molar-refractivity contribution >= 4 is 5.97 Å².